The minimum absolute atomic E-state index is 0.00383. The summed E-state index contributed by atoms with van der Waals surface area (Å²) in [6.45, 7) is 28.9. The number of hydrogen-bond acceptors (Lipinski definition) is 6. The molecular weight excluding hydrogens is 609 g/mol. The maximum Gasteiger partial charge on any atom is 0.303 e. The molecule has 6 rings (SSSR count). The minimum Gasteiger partial charge on any atom is -0.450 e. The van der Waals surface area contributed by atoms with E-state index < -0.39 is 50.4 Å². The lowest BCUT2D eigenvalue weighted by molar-refractivity contribution is -0.259. The zero-order valence-corrected chi connectivity index (χ0v) is 32.6. The van der Waals surface area contributed by atoms with E-state index in [-0.39, 0.29) is 40.5 Å². The van der Waals surface area contributed by atoms with Crippen molar-refractivity contribution in [2.75, 3.05) is 6.61 Å². The van der Waals surface area contributed by atoms with Gasteiger partial charge in [-0.15, -0.1) is 0 Å². The Morgan fingerprint density at radius 3 is 2.26 bits per heavy atom. The highest BCUT2D eigenvalue weighted by Gasteiger charge is 2.91. The van der Waals surface area contributed by atoms with Crippen molar-refractivity contribution >= 4 is 34.5 Å². The van der Waals surface area contributed by atoms with Crippen LogP contribution in [0.25, 0.3) is 6.08 Å². The molecule has 1 aromatic carbocycles. The lowest BCUT2D eigenvalue weighted by Crippen LogP contribution is -2.69. The number of carbonyl (C=O) groups is 2. The van der Waals surface area contributed by atoms with Crippen molar-refractivity contribution in [2.45, 2.75) is 135 Å². The molecule has 0 amide bonds. The number of fused-ring (bicyclic) bond motifs is 4. The predicted molar refractivity (Wildman–Crippen MR) is 187 cm³/mol. The zero-order chi connectivity index (χ0) is 34.1. The quantitative estimate of drug-likeness (QED) is 0.215. The molecule has 254 valence electrons. The van der Waals surface area contributed by atoms with E-state index in [9.17, 15) is 9.59 Å². The minimum atomic E-state index is -2.15. The highest BCUT2D eigenvalue weighted by Crippen LogP contribution is 2.81. The molecule has 6 nitrogen and oxygen atoms in total. The number of ether oxygens (including phenoxy) is 2. The molecule has 46 heavy (non-hydrogen) atoms. The summed E-state index contributed by atoms with van der Waals surface area (Å²) < 4.78 is 28.5. The van der Waals surface area contributed by atoms with Crippen molar-refractivity contribution in [3.63, 3.8) is 0 Å². The van der Waals surface area contributed by atoms with Crippen LogP contribution < -0.4 is 0 Å². The second-order valence-corrected chi connectivity index (χ2v) is 27.8. The third-order valence-corrected chi connectivity index (χ3v) is 18.7. The summed E-state index contributed by atoms with van der Waals surface area (Å²) in [6, 6.07) is 10.6. The van der Waals surface area contributed by atoms with E-state index in [2.05, 4.69) is 118 Å². The Morgan fingerprint density at radius 2 is 1.70 bits per heavy atom. The molecule has 2 saturated heterocycles. The molecule has 0 N–H and O–H groups in total. The lowest BCUT2D eigenvalue weighted by Gasteiger charge is -2.59. The van der Waals surface area contributed by atoms with Crippen molar-refractivity contribution in [1.29, 1.82) is 0 Å². The number of Topliss-reactive ketones (excluding diaryl/α,β-unsaturated/α-hetero) is 1. The smallest absolute Gasteiger partial charge is 0.303 e. The second-order valence-electron chi connectivity index (χ2n) is 18.6. The molecule has 2 heterocycles. The van der Waals surface area contributed by atoms with E-state index in [4.69, 9.17) is 18.3 Å². The Kier molecular flexibility index (Phi) is 7.62. The van der Waals surface area contributed by atoms with Gasteiger partial charge in [-0.2, -0.15) is 0 Å². The fraction of sp³-hybridized carbons (Fsp3) is 0.737. The van der Waals surface area contributed by atoms with E-state index >= 15 is 0 Å². The van der Waals surface area contributed by atoms with Gasteiger partial charge in [0.15, 0.2) is 28.0 Å². The Balaban J connectivity index is 1.58. The summed E-state index contributed by atoms with van der Waals surface area (Å²) >= 11 is 0. The summed E-state index contributed by atoms with van der Waals surface area (Å²) in [5.74, 6) is -0.636. The second kappa shape index (κ2) is 10.2. The molecular formula is C38H58O6Si2. The number of rotatable bonds is 7. The summed E-state index contributed by atoms with van der Waals surface area (Å²) in [7, 11) is -4.28. The fourth-order valence-corrected chi connectivity index (χ4v) is 13.0. The van der Waals surface area contributed by atoms with Crippen molar-refractivity contribution in [1.82, 2.24) is 0 Å². The van der Waals surface area contributed by atoms with Crippen LogP contribution >= 0.6 is 0 Å². The topological polar surface area (TPSA) is 71.1 Å². The molecule has 1 spiro atoms. The summed E-state index contributed by atoms with van der Waals surface area (Å²) in [5.41, 5.74) is -1.03. The third kappa shape index (κ3) is 4.62. The van der Waals surface area contributed by atoms with Gasteiger partial charge in [0.2, 0.25) is 0 Å². The zero-order valence-electron chi connectivity index (χ0n) is 30.6. The molecule has 2 bridgehead atoms. The molecule has 3 saturated carbocycles. The average Bonchev–Trinajstić information content (AvgIpc) is 3.13. The Bertz CT molecular complexity index is 1460. The van der Waals surface area contributed by atoms with Crippen molar-refractivity contribution in [2.24, 2.45) is 35.0 Å². The Morgan fingerprint density at radius 1 is 1.07 bits per heavy atom. The summed E-state index contributed by atoms with van der Waals surface area (Å²) in [6.07, 6.45) is 4.75. The predicted octanol–water partition coefficient (Wildman–Crippen LogP) is 8.43. The number of benzene rings is 1. The van der Waals surface area contributed by atoms with Crippen LogP contribution in [-0.2, 0) is 27.9 Å². The largest absolute Gasteiger partial charge is 0.450 e. The number of ketones is 1. The van der Waals surface area contributed by atoms with Crippen LogP contribution in [0.4, 0.5) is 0 Å². The number of hydrogen-bond donors (Lipinski definition) is 0. The molecule has 0 aromatic heterocycles. The Hall–Kier alpha value is -1.59. The van der Waals surface area contributed by atoms with Crippen LogP contribution in [0, 0.1) is 35.0 Å². The van der Waals surface area contributed by atoms with Gasteiger partial charge >= 0.3 is 5.97 Å². The van der Waals surface area contributed by atoms with Crippen LogP contribution in [0.1, 0.15) is 80.2 Å². The summed E-state index contributed by atoms with van der Waals surface area (Å²) in [5, 5.41) is 0.0445. The molecule has 5 fully saturated rings. The molecule has 9 atom stereocenters. The van der Waals surface area contributed by atoms with E-state index in [0.717, 1.165) is 12.8 Å². The van der Waals surface area contributed by atoms with Crippen LogP contribution in [0.2, 0.25) is 37.8 Å². The van der Waals surface area contributed by atoms with Gasteiger partial charge in [-0.1, -0.05) is 84.9 Å². The van der Waals surface area contributed by atoms with E-state index in [1.165, 1.54) is 18.1 Å². The van der Waals surface area contributed by atoms with Gasteiger partial charge in [0.1, 0.15) is 0 Å². The Labute approximate surface area is 279 Å². The SMILES string of the molecule is CC(=O)O[C@@]12C(=O)[C@@H](C)[C@@]34O[C@@](CO[Si](C)(C)C(C)(C)C)(C[C@H]3[C@@H]1C2(C)C)C[C@]1(O[Si](C)(C)C)C(=Cc2ccccc2)[C@@H](C)C[C@@H]41. The van der Waals surface area contributed by atoms with Crippen LogP contribution in [0.15, 0.2) is 35.9 Å². The van der Waals surface area contributed by atoms with Gasteiger partial charge in [-0.25, -0.2) is 0 Å². The number of carbonyl (C=O) groups excluding carboxylic acids is 2. The molecule has 1 aromatic rings. The lowest BCUT2D eigenvalue weighted by atomic mass is 9.59. The van der Waals surface area contributed by atoms with Crippen molar-refractivity contribution in [3.8, 4) is 0 Å². The van der Waals surface area contributed by atoms with Gasteiger partial charge in [-0.3, -0.25) is 9.59 Å². The van der Waals surface area contributed by atoms with E-state index in [0.29, 0.717) is 13.0 Å². The van der Waals surface area contributed by atoms with E-state index in [1.54, 1.807) is 0 Å². The highest BCUT2D eigenvalue weighted by atomic mass is 28.4. The van der Waals surface area contributed by atoms with Gasteiger partial charge in [0, 0.05) is 36.5 Å². The molecule has 5 aliphatic rings. The van der Waals surface area contributed by atoms with Crippen molar-refractivity contribution in [3.05, 3.63) is 41.5 Å². The van der Waals surface area contributed by atoms with Crippen LogP contribution in [0.5, 0.6) is 0 Å². The molecule has 8 heteroatoms. The summed E-state index contributed by atoms with van der Waals surface area (Å²) in [4.78, 5) is 27.4. The molecule has 0 unspecified atom stereocenters. The first kappa shape index (κ1) is 34.3. The normalized spacial score (nSPS) is 42.0. The van der Waals surface area contributed by atoms with Crippen molar-refractivity contribution < 1.29 is 27.9 Å². The molecule has 0 radical (unpaired) electrons. The van der Waals surface area contributed by atoms with Gasteiger partial charge in [-0.05, 0) is 73.6 Å². The van der Waals surface area contributed by atoms with Gasteiger partial charge in [0.05, 0.1) is 23.4 Å². The standard InChI is InChI=1S/C38H58O6Si2/c1-24-19-30-36(44-45(9,10)11,28(24)20-27-17-15-14-16-18-27)22-35(23-41-46(12,13)33(4,5)6)21-29-31-34(7,8)38(31,42-26(3)39)32(40)25(2)37(29,30)43-35/h14-18,20,24-25,29-31H,19,21-23H2,1-13H3/t24-,25+,29-,30+,31+,35-,36-,37+,38+/m0/s1. The monoisotopic (exact) mass is 666 g/mol. The van der Waals surface area contributed by atoms with Crippen LogP contribution in [-0.4, -0.2) is 57.4 Å². The maximum absolute atomic E-state index is 14.8. The first-order valence-corrected chi connectivity index (χ1v) is 23.9. The highest BCUT2D eigenvalue weighted by molar-refractivity contribution is 6.74. The van der Waals surface area contributed by atoms with Crippen LogP contribution in [0.3, 0.4) is 0 Å². The maximum atomic E-state index is 14.8. The average molecular weight is 667 g/mol. The van der Waals surface area contributed by atoms with E-state index in [1.807, 2.05) is 0 Å². The third-order valence-electron chi connectivity index (χ3n) is 13.2. The van der Waals surface area contributed by atoms with Gasteiger partial charge in [0.25, 0.3) is 0 Å². The molecule has 2 aliphatic heterocycles. The van der Waals surface area contributed by atoms with Gasteiger partial charge < -0.3 is 18.3 Å². The first-order chi connectivity index (χ1) is 21.0. The number of esters is 1. The fourth-order valence-electron chi connectivity index (χ4n) is 10.5. The first-order valence-electron chi connectivity index (χ1n) is 17.6. The molecule has 3 aliphatic carbocycles.